The standard InChI is InChI=1S/C11H10N2O2/c14-7-10-8-15-11(13-10)2-1-9-3-5-12-6-4-9/h1-6,8,14H,7H2/b2-1+. The lowest BCUT2D eigenvalue weighted by Crippen LogP contribution is -1.81. The van der Waals surface area contributed by atoms with Crippen LogP contribution in [0, 0.1) is 0 Å². The molecule has 0 spiro atoms. The Bertz CT molecular complexity index is 449. The molecule has 0 fully saturated rings. The molecule has 0 radical (unpaired) electrons. The molecular formula is C11H10N2O2. The van der Waals surface area contributed by atoms with Crippen LogP contribution in [0.3, 0.4) is 0 Å². The second-order valence-electron chi connectivity index (χ2n) is 2.95. The van der Waals surface area contributed by atoms with E-state index in [2.05, 4.69) is 9.97 Å². The van der Waals surface area contributed by atoms with Gasteiger partial charge in [0.15, 0.2) is 0 Å². The second-order valence-corrected chi connectivity index (χ2v) is 2.95. The molecule has 0 atom stereocenters. The minimum Gasteiger partial charge on any atom is -0.445 e. The van der Waals surface area contributed by atoms with Gasteiger partial charge in [0.1, 0.15) is 12.0 Å². The lowest BCUT2D eigenvalue weighted by Gasteiger charge is -1.88. The number of oxazole rings is 1. The van der Waals surface area contributed by atoms with E-state index in [4.69, 9.17) is 9.52 Å². The first-order chi connectivity index (χ1) is 7.38. The van der Waals surface area contributed by atoms with E-state index in [1.807, 2.05) is 18.2 Å². The number of rotatable bonds is 3. The normalized spacial score (nSPS) is 11.0. The SMILES string of the molecule is OCc1coc(/C=C/c2ccncc2)n1. The maximum atomic E-state index is 8.78. The Morgan fingerprint density at radius 3 is 2.73 bits per heavy atom. The third kappa shape index (κ3) is 2.51. The maximum absolute atomic E-state index is 8.78. The average Bonchev–Trinajstić information content (AvgIpc) is 2.76. The van der Waals surface area contributed by atoms with Crippen LogP contribution in [0.2, 0.25) is 0 Å². The topological polar surface area (TPSA) is 59.2 Å². The highest BCUT2D eigenvalue weighted by atomic mass is 16.3. The van der Waals surface area contributed by atoms with E-state index in [-0.39, 0.29) is 6.61 Å². The van der Waals surface area contributed by atoms with Crippen molar-refractivity contribution in [3.63, 3.8) is 0 Å². The number of aromatic nitrogens is 2. The van der Waals surface area contributed by atoms with Gasteiger partial charge in [-0.2, -0.15) is 0 Å². The number of aliphatic hydroxyl groups is 1. The van der Waals surface area contributed by atoms with Crippen LogP contribution < -0.4 is 0 Å². The number of nitrogens with zero attached hydrogens (tertiary/aromatic N) is 2. The van der Waals surface area contributed by atoms with Gasteiger partial charge in [-0.15, -0.1) is 0 Å². The smallest absolute Gasteiger partial charge is 0.218 e. The summed E-state index contributed by atoms with van der Waals surface area (Å²) in [5.41, 5.74) is 1.55. The van der Waals surface area contributed by atoms with Crippen LogP contribution in [0.1, 0.15) is 17.1 Å². The molecule has 0 bridgehead atoms. The zero-order valence-electron chi connectivity index (χ0n) is 8.00. The molecule has 15 heavy (non-hydrogen) atoms. The number of hydrogen-bond acceptors (Lipinski definition) is 4. The molecule has 1 N–H and O–H groups in total. The Labute approximate surface area is 86.9 Å². The number of pyridine rings is 1. The summed E-state index contributed by atoms with van der Waals surface area (Å²) >= 11 is 0. The van der Waals surface area contributed by atoms with Crippen molar-refractivity contribution < 1.29 is 9.52 Å². The van der Waals surface area contributed by atoms with Crippen LogP contribution in [0.25, 0.3) is 12.2 Å². The zero-order valence-corrected chi connectivity index (χ0v) is 8.00. The fourth-order valence-electron chi connectivity index (χ4n) is 1.11. The summed E-state index contributed by atoms with van der Waals surface area (Å²) in [6, 6.07) is 3.76. The lowest BCUT2D eigenvalue weighted by molar-refractivity contribution is 0.276. The van der Waals surface area contributed by atoms with Crippen LogP contribution in [-0.2, 0) is 6.61 Å². The van der Waals surface area contributed by atoms with E-state index >= 15 is 0 Å². The van der Waals surface area contributed by atoms with Crippen LogP contribution in [-0.4, -0.2) is 15.1 Å². The largest absolute Gasteiger partial charge is 0.445 e. The van der Waals surface area contributed by atoms with Gasteiger partial charge in [0.05, 0.1) is 6.61 Å². The van der Waals surface area contributed by atoms with E-state index < -0.39 is 0 Å². The van der Waals surface area contributed by atoms with Crippen molar-refractivity contribution in [2.24, 2.45) is 0 Å². The van der Waals surface area contributed by atoms with E-state index in [0.717, 1.165) is 5.56 Å². The minimum atomic E-state index is -0.105. The van der Waals surface area contributed by atoms with Gasteiger partial charge in [-0.25, -0.2) is 4.98 Å². The number of hydrogen-bond donors (Lipinski definition) is 1. The van der Waals surface area contributed by atoms with Crippen molar-refractivity contribution in [3.8, 4) is 0 Å². The molecule has 0 aliphatic heterocycles. The first-order valence-electron chi connectivity index (χ1n) is 4.52. The molecule has 0 amide bonds. The van der Waals surface area contributed by atoms with Gasteiger partial charge in [-0.05, 0) is 23.8 Å². The zero-order chi connectivity index (χ0) is 10.5. The highest BCUT2D eigenvalue weighted by Gasteiger charge is 1.97. The van der Waals surface area contributed by atoms with Gasteiger partial charge in [-0.1, -0.05) is 0 Å². The molecule has 0 saturated carbocycles. The molecule has 0 aliphatic rings. The predicted octanol–water partition coefficient (Wildman–Crippen LogP) is 1.73. The molecule has 2 heterocycles. The Hall–Kier alpha value is -1.94. The van der Waals surface area contributed by atoms with E-state index in [0.29, 0.717) is 11.6 Å². The van der Waals surface area contributed by atoms with Crippen molar-refractivity contribution in [2.75, 3.05) is 0 Å². The van der Waals surface area contributed by atoms with Crippen molar-refractivity contribution in [3.05, 3.63) is 47.9 Å². The molecular weight excluding hydrogens is 192 g/mol. The van der Waals surface area contributed by atoms with Crippen molar-refractivity contribution in [2.45, 2.75) is 6.61 Å². The summed E-state index contributed by atoms with van der Waals surface area (Å²) in [6.45, 7) is -0.105. The Balaban J connectivity index is 2.11. The molecule has 0 aliphatic carbocycles. The summed E-state index contributed by atoms with van der Waals surface area (Å²) in [6.07, 6.45) is 8.48. The van der Waals surface area contributed by atoms with E-state index in [1.54, 1.807) is 18.5 Å². The van der Waals surface area contributed by atoms with Gasteiger partial charge in [0, 0.05) is 18.5 Å². The summed E-state index contributed by atoms with van der Waals surface area (Å²) in [4.78, 5) is 7.94. The van der Waals surface area contributed by atoms with Crippen LogP contribution in [0.5, 0.6) is 0 Å². The Kier molecular flexibility index (Phi) is 2.90. The van der Waals surface area contributed by atoms with Gasteiger partial charge in [-0.3, -0.25) is 4.98 Å². The minimum absolute atomic E-state index is 0.105. The summed E-state index contributed by atoms with van der Waals surface area (Å²) in [5.74, 6) is 0.482. The van der Waals surface area contributed by atoms with Crippen molar-refractivity contribution >= 4 is 12.2 Å². The summed E-state index contributed by atoms with van der Waals surface area (Å²) in [5, 5.41) is 8.78. The molecule has 2 aromatic heterocycles. The van der Waals surface area contributed by atoms with Crippen molar-refractivity contribution in [1.82, 2.24) is 9.97 Å². The molecule has 76 valence electrons. The van der Waals surface area contributed by atoms with E-state index in [1.165, 1.54) is 6.26 Å². The van der Waals surface area contributed by atoms with Crippen LogP contribution >= 0.6 is 0 Å². The first kappa shape index (κ1) is 9.61. The number of aliphatic hydroxyl groups excluding tert-OH is 1. The summed E-state index contributed by atoms with van der Waals surface area (Å²) in [7, 11) is 0. The fraction of sp³-hybridized carbons (Fsp3) is 0.0909. The quantitative estimate of drug-likeness (QED) is 0.823. The molecule has 4 nitrogen and oxygen atoms in total. The second kappa shape index (κ2) is 4.52. The molecule has 2 rings (SSSR count). The van der Waals surface area contributed by atoms with Crippen LogP contribution in [0.15, 0.2) is 35.2 Å². The van der Waals surface area contributed by atoms with Gasteiger partial charge in [0.25, 0.3) is 0 Å². The van der Waals surface area contributed by atoms with E-state index in [9.17, 15) is 0 Å². The maximum Gasteiger partial charge on any atom is 0.218 e. The first-order valence-corrected chi connectivity index (χ1v) is 4.52. The molecule has 2 aromatic rings. The molecule has 0 aromatic carbocycles. The molecule has 4 heteroatoms. The van der Waals surface area contributed by atoms with Gasteiger partial charge < -0.3 is 9.52 Å². The predicted molar refractivity (Wildman–Crippen MR) is 55.6 cm³/mol. The van der Waals surface area contributed by atoms with Gasteiger partial charge in [0.2, 0.25) is 5.89 Å². The third-order valence-corrected chi connectivity index (χ3v) is 1.86. The molecule has 0 saturated heterocycles. The highest BCUT2D eigenvalue weighted by Crippen LogP contribution is 2.07. The molecule has 0 unspecified atom stereocenters. The van der Waals surface area contributed by atoms with Crippen LogP contribution in [0.4, 0.5) is 0 Å². The monoisotopic (exact) mass is 202 g/mol. The van der Waals surface area contributed by atoms with Crippen molar-refractivity contribution in [1.29, 1.82) is 0 Å². The Morgan fingerprint density at radius 2 is 2.07 bits per heavy atom. The average molecular weight is 202 g/mol. The summed E-state index contributed by atoms with van der Waals surface area (Å²) < 4.78 is 5.10. The third-order valence-electron chi connectivity index (χ3n) is 1.86. The van der Waals surface area contributed by atoms with Gasteiger partial charge >= 0.3 is 0 Å². The highest BCUT2D eigenvalue weighted by molar-refractivity contribution is 5.65. The fourth-order valence-corrected chi connectivity index (χ4v) is 1.11. The lowest BCUT2D eigenvalue weighted by atomic mass is 10.2. The Morgan fingerprint density at radius 1 is 1.27 bits per heavy atom.